The van der Waals surface area contributed by atoms with E-state index in [4.69, 9.17) is 0 Å². The molecule has 0 radical (unpaired) electrons. The van der Waals surface area contributed by atoms with Gasteiger partial charge in [0, 0.05) is 24.9 Å². The van der Waals surface area contributed by atoms with Gasteiger partial charge in [-0.1, -0.05) is 17.7 Å². The van der Waals surface area contributed by atoms with Gasteiger partial charge in [0.05, 0.1) is 17.2 Å². The molecule has 0 saturated heterocycles. The van der Waals surface area contributed by atoms with Crippen LogP contribution in [0.3, 0.4) is 0 Å². The molecule has 0 fully saturated rings. The summed E-state index contributed by atoms with van der Waals surface area (Å²) in [6.45, 7) is 4.28. The molecule has 0 saturated carbocycles. The maximum atomic E-state index is 12.2. The number of nitrogens with one attached hydrogen (secondary N) is 1. The van der Waals surface area contributed by atoms with Crippen LogP contribution in [0.4, 0.5) is 0 Å². The van der Waals surface area contributed by atoms with Gasteiger partial charge < -0.3 is 9.88 Å². The summed E-state index contributed by atoms with van der Waals surface area (Å²) < 4.78 is 26.4. The van der Waals surface area contributed by atoms with Gasteiger partial charge >= 0.3 is 0 Å². The Morgan fingerprint density at radius 2 is 1.74 bits per heavy atom. The fourth-order valence-electron chi connectivity index (χ4n) is 2.21. The Kier molecular flexibility index (Phi) is 5.26. The van der Waals surface area contributed by atoms with E-state index >= 15 is 0 Å². The third-order valence-electron chi connectivity index (χ3n) is 3.92. The molecule has 0 atom stereocenters. The highest BCUT2D eigenvalue weighted by molar-refractivity contribution is 7.91. The number of aromatic nitrogens is 1. The average molecular weight is 334 g/mol. The van der Waals surface area contributed by atoms with Crippen molar-refractivity contribution in [3.8, 4) is 0 Å². The van der Waals surface area contributed by atoms with Crippen molar-refractivity contribution >= 4 is 15.7 Å². The molecule has 0 spiro atoms. The molecule has 6 heteroatoms. The summed E-state index contributed by atoms with van der Waals surface area (Å²) in [4.78, 5) is 12.1. The largest absolute Gasteiger partial charge is 0.351 e. The lowest BCUT2D eigenvalue weighted by atomic mass is 10.2. The van der Waals surface area contributed by atoms with E-state index < -0.39 is 9.84 Å². The molecule has 2 aromatic rings. The summed E-state index contributed by atoms with van der Waals surface area (Å²) in [5.74, 6) is -0.451. The quantitative estimate of drug-likeness (QED) is 0.880. The van der Waals surface area contributed by atoms with Gasteiger partial charge in [-0.05, 0) is 38.1 Å². The maximum absolute atomic E-state index is 12.2. The number of aryl methyl sites for hydroxylation is 2. The van der Waals surface area contributed by atoms with E-state index in [9.17, 15) is 13.2 Å². The van der Waals surface area contributed by atoms with Crippen molar-refractivity contribution in [2.75, 3.05) is 5.75 Å². The van der Waals surface area contributed by atoms with Crippen LogP contribution in [0.2, 0.25) is 0 Å². The first-order chi connectivity index (χ1) is 10.8. The van der Waals surface area contributed by atoms with Crippen molar-refractivity contribution in [1.29, 1.82) is 0 Å². The number of hydrogen-bond acceptors (Lipinski definition) is 3. The SMILES string of the molecule is Cc1ccc(S(=O)(=O)CCC(=O)NCc2ccc(C)n2C)cc1. The highest BCUT2D eigenvalue weighted by Crippen LogP contribution is 2.13. The minimum atomic E-state index is -3.43. The highest BCUT2D eigenvalue weighted by atomic mass is 32.2. The van der Waals surface area contributed by atoms with Crippen molar-refractivity contribution in [2.24, 2.45) is 7.05 Å². The number of sulfone groups is 1. The molecule has 0 aliphatic heterocycles. The molecule has 1 aromatic heterocycles. The average Bonchev–Trinajstić information content (AvgIpc) is 2.83. The van der Waals surface area contributed by atoms with Gasteiger partial charge in [0.2, 0.25) is 5.91 Å². The van der Waals surface area contributed by atoms with Crippen molar-refractivity contribution < 1.29 is 13.2 Å². The second-order valence-electron chi connectivity index (χ2n) is 5.68. The molecule has 1 amide bonds. The zero-order valence-corrected chi connectivity index (χ0v) is 14.5. The molecule has 124 valence electrons. The summed E-state index contributed by atoms with van der Waals surface area (Å²) in [6, 6.07) is 10.6. The summed E-state index contributed by atoms with van der Waals surface area (Å²) in [5.41, 5.74) is 3.09. The number of rotatable bonds is 6. The molecule has 1 aromatic carbocycles. The summed E-state index contributed by atoms with van der Waals surface area (Å²) in [5, 5.41) is 2.76. The minimum absolute atomic E-state index is 0.0420. The van der Waals surface area contributed by atoms with Gasteiger partial charge in [-0.25, -0.2) is 8.42 Å². The Hall–Kier alpha value is -2.08. The Bertz CT molecular complexity index is 790. The van der Waals surface area contributed by atoms with Gasteiger partial charge in [0.1, 0.15) is 0 Å². The minimum Gasteiger partial charge on any atom is -0.351 e. The molecule has 0 aliphatic rings. The number of carbonyl (C=O) groups excluding carboxylic acids is 1. The zero-order chi connectivity index (χ0) is 17.0. The normalized spacial score (nSPS) is 11.4. The lowest BCUT2D eigenvalue weighted by Crippen LogP contribution is -2.26. The summed E-state index contributed by atoms with van der Waals surface area (Å²) in [6.07, 6.45) is -0.0420. The van der Waals surface area contributed by atoms with Gasteiger partial charge in [-0.3, -0.25) is 4.79 Å². The molecule has 5 nitrogen and oxygen atoms in total. The standard InChI is InChI=1S/C17H22N2O3S/c1-13-4-8-16(9-5-13)23(21,22)11-10-17(20)18-12-15-7-6-14(2)19(15)3/h4-9H,10-12H2,1-3H3,(H,18,20). The van der Waals surface area contributed by atoms with Crippen molar-refractivity contribution in [2.45, 2.75) is 31.7 Å². The number of nitrogens with zero attached hydrogens (tertiary/aromatic N) is 1. The Morgan fingerprint density at radius 3 is 2.30 bits per heavy atom. The van der Waals surface area contributed by atoms with Crippen LogP contribution in [0.1, 0.15) is 23.4 Å². The van der Waals surface area contributed by atoms with E-state index in [0.717, 1.165) is 17.0 Å². The van der Waals surface area contributed by atoms with E-state index in [-0.39, 0.29) is 23.0 Å². The van der Waals surface area contributed by atoms with Crippen LogP contribution in [0.5, 0.6) is 0 Å². The number of carbonyl (C=O) groups is 1. The molecular formula is C17H22N2O3S. The van der Waals surface area contributed by atoms with E-state index in [2.05, 4.69) is 5.32 Å². The number of amides is 1. The lowest BCUT2D eigenvalue weighted by molar-refractivity contribution is -0.120. The third kappa shape index (κ3) is 4.45. The number of hydrogen-bond donors (Lipinski definition) is 1. The molecule has 2 rings (SSSR count). The van der Waals surface area contributed by atoms with Crippen LogP contribution in [-0.2, 0) is 28.2 Å². The Morgan fingerprint density at radius 1 is 1.09 bits per heavy atom. The molecule has 0 bridgehead atoms. The van der Waals surface area contributed by atoms with Crippen LogP contribution < -0.4 is 5.32 Å². The lowest BCUT2D eigenvalue weighted by Gasteiger charge is -2.08. The molecule has 1 heterocycles. The van der Waals surface area contributed by atoms with Gasteiger partial charge in [-0.2, -0.15) is 0 Å². The van der Waals surface area contributed by atoms with Crippen molar-refractivity contribution in [3.05, 3.63) is 53.3 Å². The van der Waals surface area contributed by atoms with Crippen LogP contribution in [-0.4, -0.2) is 24.6 Å². The number of benzene rings is 1. The van der Waals surface area contributed by atoms with Crippen molar-refractivity contribution in [3.63, 3.8) is 0 Å². The third-order valence-corrected chi connectivity index (χ3v) is 5.65. The van der Waals surface area contributed by atoms with Crippen LogP contribution in [0.25, 0.3) is 0 Å². The first kappa shape index (κ1) is 17.3. The highest BCUT2D eigenvalue weighted by Gasteiger charge is 2.16. The predicted octanol–water partition coefficient (Wildman–Crippen LogP) is 2.12. The first-order valence-corrected chi connectivity index (χ1v) is 9.12. The molecule has 0 unspecified atom stereocenters. The predicted molar refractivity (Wildman–Crippen MR) is 89.8 cm³/mol. The fraction of sp³-hybridized carbons (Fsp3) is 0.353. The molecule has 0 aliphatic carbocycles. The topological polar surface area (TPSA) is 68.2 Å². The molecule has 1 N–H and O–H groups in total. The first-order valence-electron chi connectivity index (χ1n) is 7.47. The maximum Gasteiger partial charge on any atom is 0.221 e. The smallest absolute Gasteiger partial charge is 0.221 e. The second kappa shape index (κ2) is 7.00. The fourth-order valence-corrected chi connectivity index (χ4v) is 3.45. The Balaban J connectivity index is 1.88. The van der Waals surface area contributed by atoms with E-state index in [0.29, 0.717) is 6.54 Å². The summed E-state index contributed by atoms with van der Waals surface area (Å²) >= 11 is 0. The monoisotopic (exact) mass is 334 g/mol. The van der Waals surface area contributed by atoms with Gasteiger partial charge in [0.15, 0.2) is 9.84 Å². The zero-order valence-electron chi connectivity index (χ0n) is 13.7. The summed E-state index contributed by atoms with van der Waals surface area (Å²) in [7, 11) is -1.50. The van der Waals surface area contributed by atoms with Crippen molar-refractivity contribution in [1.82, 2.24) is 9.88 Å². The van der Waals surface area contributed by atoms with E-state index in [1.165, 1.54) is 0 Å². The van der Waals surface area contributed by atoms with Crippen LogP contribution >= 0.6 is 0 Å². The molecule has 23 heavy (non-hydrogen) atoms. The van der Waals surface area contributed by atoms with E-state index in [1.54, 1.807) is 24.3 Å². The van der Waals surface area contributed by atoms with Crippen LogP contribution in [0, 0.1) is 13.8 Å². The second-order valence-corrected chi connectivity index (χ2v) is 7.79. The van der Waals surface area contributed by atoms with Crippen LogP contribution in [0.15, 0.2) is 41.3 Å². The Labute approximate surface area is 137 Å². The van der Waals surface area contributed by atoms with Gasteiger partial charge in [0.25, 0.3) is 0 Å². The van der Waals surface area contributed by atoms with E-state index in [1.807, 2.05) is 37.6 Å². The molecular weight excluding hydrogens is 312 g/mol. The van der Waals surface area contributed by atoms with Gasteiger partial charge in [-0.15, -0.1) is 0 Å².